The number of β-amino-alcohol motifs (C(OH)–C–C–N with tert-alkyl or cyclic N) is 1. The van der Waals surface area contributed by atoms with Crippen LogP contribution in [0.25, 0.3) is 0 Å². The highest BCUT2D eigenvalue weighted by atomic mass is 16.3. The monoisotopic (exact) mass is 129 g/mol. The van der Waals surface area contributed by atoms with Crippen molar-refractivity contribution in [2.24, 2.45) is 0 Å². The average molecular weight is 129 g/mol. The van der Waals surface area contributed by atoms with Gasteiger partial charge in [-0.25, -0.2) is 0 Å². The summed E-state index contributed by atoms with van der Waals surface area (Å²) in [6.07, 6.45) is 0.258. The highest BCUT2D eigenvalue weighted by Crippen LogP contribution is 2.05. The van der Waals surface area contributed by atoms with Gasteiger partial charge in [0.05, 0.1) is 12.1 Å². The molecule has 2 N–H and O–H groups in total. The molecule has 3 heteroatoms. The van der Waals surface area contributed by atoms with Crippen molar-refractivity contribution in [2.75, 3.05) is 6.54 Å². The Morgan fingerprint density at radius 3 is 2.67 bits per heavy atom. The predicted molar refractivity (Wildman–Crippen MR) is 33.1 cm³/mol. The van der Waals surface area contributed by atoms with Gasteiger partial charge in [0.2, 0.25) is 0 Å². The zero-order valence-electron chi connectivity index (χ0n) is 5.42. The first kappa shape index (κ1) is 6.71. The van der Waals surface area contributed by atoms with Crippen molar-refractivity contribution >= 4 is 5.78 Å². The number of aliphatic hydroxyl groups excluding tert-OH is 1. The second-order valence-corrected chi connectivity index (χ2v) is 2.46. The molecule has 0 bridgehead atoms. The van der Waals surface area contributed by atoms with Crippen molar-refractivity contribution in [3.63, 3.8) is 0 Å². The number of carbonyl (C=O) groups excluding carboxylic acids is 1. The first-order valence-corrected chi connectivity index (χ1v) is 3.12. The van der Waals surface area contributed by atoms with Gasteiger partial charge in [0, 0.05) is 6.54 Å². The Kier molecular flexibility index (Phi) is 1.83. The van der Waals surface area contributed by atoms with Crippen LogP contribution in [0.1, 0.15) is 13.3 Å². The lowest BCUT2D eigenvalue weighted by Crippen LogP contribution is -2.28. The fourth-order valence-electron chi connectivity index (χ4n) is 1.03. The summed E-state index contributed by atoms with van der Waals surface area (Å²) in [5, 5.41) is 11.8. The van der Waals surface area contributed by atoms with E-state index >= 15 is 0 Å². The van der Waals surface area contributed by atoms with E-state index in [0.29, 0.717) is 13.0 Å². The molecule has 0 aromatic carbocycles. The van der Waals surface area contributed by atoms with Crippen molar-refractivity contribution in [3.05, 3.63) is 0 Å². The summed E-state index contributed by atoms with van der Waals surface area (Å²) in [6.45, 7) is 2.10. The lowest BCUT2D eigenvalue weighted by atomic mass is 10.1. The number of Topliss-reactive ketones (excluding diaryl/α,β-unsaturated/α-hetero) is 1. The molecule has 1 fully saturated rings. The minimum absolute atomic E-state index is 0.0972. The Bertz CT molecular complexity index is 124. The summed E-state index contributed by atoms with van der Waals surface area (Å²) in [5.41, 5.74) is 0. The van der Waals surface area contributed by atoms with E-state index in [0.717, 1.165) is 0 Å². The molecule has 1 aliphatic heterocycles. The average Bonchev–Trinajstić information content (AvgIpc) is 2.14. The Hall–Kier alpha value is -0.410. The third kappa shape index (κ3) is 1.50. The van der Waals surface area contributed by atoms with Crippen LogP contribution < -0.4 is 5.32 Å². The molecular weight excluding hydrogens is 118 g/mol. The van der Waals surface area contributed by atoms with E-state index in [1.165, 1.54) is 6.92 Å². The molecule has 0 aliphatic carbocycles. The van der Waals surface area contributed by atoms with Gasteiger partial charge in [-0.2, -0.15) is 0 Å². The zero-order chi connectivity index (χ0) is 6.85. The number of rotatable bonds is 1. The SMILES string of the molecule is CC(=O)C1C[C@@H](O)CN1. The van der Waals surface area contributed by atoms with E-state index in [9.17, 15) is 4.79 Å². The van der Waals surface area contributed by atoms with Crippen molar-refractivity contribution in [2.45, 2.75) is 25.5 Å². The molecule has 0 amide bonds. The Morgan fingerprint density at radius 1 is 1.78 bits per heavy atom. The maximum atomic E-state index is 10.6. The number of hydrogen-bond donors (Lipinski definition) is 2. The lowest BCUT2D eigenvalue weighted by Gasteiger charge is -2.01. The molecule has 1 saturated heterocycles. The molecule has 0 aromatic rings. The van der Waals surface area contributed by atoms with E-state index in [4.69, 9.17) is 5.11 Å². The van der Waals surface area contributed by atoms with Crippen LogP contribution in [0.2, 0.25) is 0 Å². The van der Waals surface area contributed by atoms with Crippen LogP contribution in [0.3, 0.4) is 0 Å². The zero-order valence-corrected chi connectivity index (χ0v) is 5.42. The van der Waals surface area contributed by atoms with Crippen LogP contribution in [0.4, 0.5) is 0 Å². The molecule has 1 unspecified atom stereocenters. The molecule has 0 saturated carbocycles. The summed E-state index contributed by atoms with van der Waals surface area (Å²) in [6, 6.07) is -0.0972. The Balaban J connectivity index is 2.39. The molecule has 0 radical (unpaired) electrons. The second kappa shape index (κ2) is 2.45. The van der Waals surface area contributed by atoms with Gasteiger partial charge in [-0.15, -0.1) is 0 Å². The minimum Gasteiger partial charge on any atom is -0.392 e. The van der Waals surface area contributed by atoms with Crippen LogP contribution in [-0.2, 0) is 4.79 Å². The number of hydrogen-bond acceptors (Lipinski definition) is 3. The molecule has 52 valence electrons. The van der Waals surface area contributed by atoms with E-state index in [-0.39, 0.29) is 17.9 Å². The molecule has 1 heterocycles. The topological polar surface area (TPSA) is 49.3 Å². The van der Waals surface area contributed by atoms with Gasteiger partial charge in [0.25, 0.3) is 0 Å². The fourth-order valence-corrected chi connectivity index (χ4v) is 1.03. The number of nitrogens with one attached hydrogen (secondary N) is 1. The van der Waals surface area contributed by atoms with Gasteiger partial charge in [-0.1, -0.05) is 0 Å². The van der Waals surface area contributed by atoms with Crippen molar-refractivity contribution in [1.82, 2.24) is 5.32 Å². The third-order valence-electron chi connectivity index (χ3n) is 1.60. The standard InChI is InChI=1S/C6H11NO2/c1-4(8)6-2-5(9)3-7-6/h5-7,9H,2-3H2,1H3/t5-,6?/m1/s1. The summed E-state index contributed by atoms with van der Waals surface area (Å²) in [4.78, 5) is 10.6. The molecule has 9 heavy (non-hydrogen) atoms. The summed E-state index contributed by atoms with van der Waals surface area (Å²) in [5.74, 6) is 0.117. The van der Waals surface area contributed by atoms with Crippen LogP contribution in [0.15, 0.2) is 0 Å². The second-order valence-electron chi connectivity index (χ2n) is 2.46. The predicted octanol–water partition coefficient (Wildman–Crippen LogP) is -0.702. The highest BCUT2D eigenvalue weighted by molar-refractivity contribution is 5.81. The largest absolute Gasteiger partial charge is 0.392 e. The van der Waals surface area contributed by atoms with Gasteiger partial charge in [-0.3, -0.25) is 4.79 Å². The van der Waals surface area contributed by atoms with Crippen LogP contribution in [0, 0.1) is 0 Å². The first-order valence-electron chi connectivity index (χ1n) is 3.12. The highest BCUT2D eigenvalue weighted by Gasteiger charge is 2.24. The summed E-state index contributed by atoms with van der Waals surface area (Å²) in [7, 11) is 0. The van der Waals surface area contributed by atoms with Crippen molar-refractivity contribution in [3.8, 4) is 0 Å². The van der Waals surface area contributed by atoms with Gasteiger partial charge in [0.1, 0.15) is 5.78 Å². The van der Waals surface area contributed by atoms with Gasteiger partial charge >= 0.3 is 0 Å². The van der Waals surface area contributed by atoms with Crippen LogP contribution in [-0.4, -0.2) is 29.6 Å². The van der Waals surface area contributed by atoms with Gasteiger partial charge in [-0.05, 0) is 13.3 Å². The Morgan fingerprint density at radius 2 is 2.44 bits per heavy atom. The van der Waals surface area contributed by atoms with Crippen molar-refractivity contribution in [1.29, 1.82) is 0 Å². The first-order chi connectivity index (χ1) is 4.20. The Labute approximate surface area is 54.1 Å². The maximum Gasteiger partial charge on any atom is 0.146 e. The quantitative estimate of drug-likeness (QED) is 0.492. The summed E-state index contributed by atoms with van der Waals surface area (Å²) >= 11 is 0. The van der Waals surface area contributed by atoms with Crippen LogP contribution in [0.5, 0.6) is 0 Å². The molecule has 2 atom stereocenters. The van der Waals surface area contributed by atoms with E-state index in [2.05, 4.69) is 5.32 Å². The van der Waals surface area contributed by atoms with Crippen molar-refractivity contribution < 1.29 is 9.90 Å². The smallest absolute Gasteiger partial charge is 0.146 e. The molecule has 0 aromatic heterocycles. The fraction of sp³-hybridized carbons (Fsp3) is 0.833. The summed E-state index contributed by atoms with van der Waals surface area (Å²) < 4.78 is 0. The normalized spacial score (nSPS) is 34.9. The number of ketones is 1. The molecule has 1 aliphatic rings. The van der Waals surface area contributed by atoms with E-state index in [1.807, 2.05) is 0 Å². The molecule has 1 rings (SSSR count). The molecular formula is C6H11NO2. The minimum atomic E-state index is -0.320. The molecule has 0 spiro atoms. The number of aliphatic hydroxyl groups is 1. The van der Waals surface area contributed by atoms with E-state index < -0.39 is 0 Å². The number of carbonyl (C=O) groups is 1. The molecule has 3 nitrogen and oxygen atoms in total. The maximum absolute atomic E-state index is 10.6. The third-order valence-corrected chi connectivity index (χ3v) is 1.60. The van der Waals surface area contributed by atoms with Crippen LogP contribution >= 0.6 is 0 Å². The van der Waals surface area contributed by atoms with E-state index in [1.54, 1.807) is 0 Å². The van der Waals surface area contributed by atoms with Gasteiger partial charge < -0.3 is 10.4 Å². The lowest BCUT2D eigenvalue weighted by molar-refractivity contribution is -0.118. The van der Waals surface area contributed by atoms with Gasteiger partial charge in [0.15, 0.2) is 0 Å².